The first-order chi connectivity index (χ1) is 11.6. The number of halogens is 2. The maximum atomic E-state index is 11.9. The molecule has 1 amide bonds. The van der Waals surface area contributed by atoms with Crippen molar-refractivity contribution in [3.63, 3.8) is 0 Å². The van der Waals surface area contributed by atoms with E-state index >= 15 is 0 Å². The van der Waals surface area contributed by atoms with Crippen LogP contribution in [0.1, 0.15) is 5.56 Å². The molecule has 0 saturated carbocycles. The van der Waals surface area contributed by atoms with Crippen LogP contribution in [-0.2, 0) is 4.79 Å². The zero-order chi connectivity index (χ0) is 16.9. The molecule has 120 valence electrons. The van der Waals surface area contributed by atoms with Gasteiger partial charge in [-0.25, -0.2) is 0 Å². The van der Waals surface area contributed by atoms with Crippen LogP contribution in [0.3, 0.4) is 0 Å². The number of nitrogens with zero attached hydrogens (tertiary/aromatic N) is 2. The summed E-state index contributed by atoms with van der Waals surface area (Å²) in [4.78, 5) is 11.9. The second-order valence-corrected chi connectivity index (χ2v) is 5.61. The Bertz CT molecular complexity index is 892. The minimum Gasteiger partial charge on any atom is -0.403 e. The molecule has 0 atom stereocenters. The van der Waals surface area contributed by atoms with Gasteiger partial charge in [-0.1, -0.05) is 58.6 Å². The Morgan fingerprint density at radius 2 is 1.88 bits per heavy atom. The quantitative estimate of drug-likeness (QED) is 0.685. The van der Waals surface area contributed by atoms with Crippen molar-refractivity contribution in [2.75, 3.05) is 5.32 Å². The molecule has 0 fully saturated rings. The molecule has 0 saturated heterocycles. The third kappa shape index (κ3) is 4.01. The summed E-state index contributed by atoms with van der Waals surface area (Å²) in [6.45, 7) is 0. The second kappa shape index (κ2) is 7.29. The number of amides is 1. The van der Waals surface area contributed by atoms with Crippen LogP contribution in [0, 0.1) is 0 Å². The van der Waals surface area contributed by atoms with Gasteiger partial charge in [-0.05, 0) is 29.8 Å². The molecular weight excluding hydrogens is 349 g/mol. The second-order valence-electron chi connectivity index (χ2n) is 4.77. The van der Waals surface area contributed by atoms with E-state index in [2.05, 4.69) is 15.5 Å². The van der Waals surface area contributed by atoms with E-state index in [-0.39, 0.29) is 17.8 Å². The highest BCUT2D eigenvalue weighted by Gasteiger charge is 2.13. The van der Waals surface area contributed by atoms with Crippen LogP contribution < -0.4 is 5.32 Å². The zero-order valence-electron chi connectivity index (χ0n) is 12.2. The Labute approximate surface area is 147 Å². The van der Waals surface area contributed by atoms with Gasteiger partial charge in [0.2, 0.25) is 0 Å². The number of carbonyl (C=O) groups excluding carboxylic acids is 1. The predicted octanol–water partition coefficient (Wildman–Crippen LogP) is 4.70. The van der Waals surface area contributed by atoms with Crippen molar-refractivity contribution in [1.29, 1.82) is 0 Å². The molecule has 0 aliphatic carbocycles. The average molecular weight is 360 g/mol. The molecule has 1 heterocycles. The summed E-state index contributed by atoms with van der Waals surface area (Å²) in [6, 6.07) is 14.3. The highest BCUT2D eigenvalue weighted by molar-refractivity contribution is 6.36. The van der Waals surface area contributed by atoms with Gasteiger partial charge in [0, 0.05) is 11.1 Å². The lowest BCUT2D eigenvalue weighted by Gasteiger charge is -1.99. The zero-order valence-corrected chi connectivity index (χ0v) is 13.8. The lowest BCUT2D eigenvalue weighted by Crippen LogP contribution is -2.07. The monoisotopic (exact) mass is 359 g/mol. The van der Waals surface area contributed by atoms with Crippen LogP contribution in [-0.4, -0.2) is 16.1 Å². The Balaban J connectivity index is 1.70. The van der Waals surface area contributed by atoms with Crippen molar-refractivity contribution in [2.24, 2.45) is 0 Å². The number of anilines is 1. The number of hydrogen-bond donors (Lipinski definition) is 1. The smallest absolute Gasteiger partial charge is 0.322 e. The Kier molecular flexibility index (Phi) is 4.93. The summed E-state index contributed by atoms with van der Waals surface area (Å²) < 4.78 is 5.40. The Morgan fingerprint density at radius 1 is 1.08 bits per heavy atom. The van der Waals surface area contributed by atoms with Crippen molar-refractivity contribution in [1.82, 2.24) is 10.2 Å². The molecule has 2 aromatic carbocycles. The third-order valence-electron chi connectivity index (χ3n) is 3.04. The molecule has 1 N–H and O–H groups in total. The average Bonchev–Trinajstić information content (AvgIpc) is 3.02. The fraction of sp³-hybridized carbons (Fsp3) is 0. The van der Waals surface area contributed by atoms with Crippen molar-refractivity contribution < 1.29 is 9.21 Å². The van der Waals surface area contributed by atoms with E-state index in [1.54, 1.807) is 24.3 Å². The van der Waals surface area contributed by atoms with E-state index in [1.807, 2.05) is 30.3 Å². The maximum Gasteiger partial charge on any atom is 0.322 e. The predicted molar refractivity (Wildman–Crippen MR) is 93.9 cm³/mol. The number of nitrogens with one attached hydrogen (secondary N) is 1. The van der Waals surface area contributed by atoms with E-state index in [1.165, 1.54) is 6.08 Å². The molecule has 1 aromatic heterocycles. The van der Waals surface area contributed by atoms with E-state index in [9.17, 15) is 4.79 Å². The summed E-state index contributed by atoms with van der Waals surface area (Å²) in [7, 11) is 0. The van der Waals surface area contributed by atoms with Crippen LogP contribution in [0.2, 0.25) is 10.0 Å². The Morgan fingerprint density at radius 3 is 2.62 bits per heavy atom. The summed E-state index contributed by atoms with van der Waals surface area (Å²) >= 11 is 11.9. The molecule has 0 aliphatic rings. The molecule has 3 rings (SSSR count). The number of hydrogen-bond acceptors (Lipinski definition) is 4. The number of benzene rings is 2. The largest absolute Gasteiger partial charge is 0.403 e. The van der Waals surface area contributed by atoms with Crippen molar-refractivity contribution >= 4 is 41.2 Å². The molecule has 3 aromatic rings. The molecular formula is C17H11Cl2N3O2. The summed E-state index contributed by atoms with van der Waals surface area (Å²) in [5, 5.41) is 11.0. The van der Waals surface area contributed by atoms with Gasteiger partial charge in [0.05, 0.1) is 10.6 Å². The molecule has 24 heavy (non-hydrogen) atoms. The number of rotatable bonds is 4. The van der Waals surface area contributed by atoms with Crippen LogP contribution in [0.4, 0.5) is 6.01 Å². The lowest BCUT2D eigenvalue weighted by molar-refractivity contribution is -0.112. The SMILES string of the molecule is O=C(C=Cc1ccccc1)Nc1nnc(-c2ccc(Cl)cc2Cl)o1. The van der Waals surface area contributed by atoms with Gasteiger partial charge in [-0.2, -0.15) is 0 Å². The van der Waals surface area contributed by atoms with Crippen molar-refractivity contribution in [3.05, 3.63) is 70.2 Å². The first kappa shape index (κ1) is 16.2. The van der Waals surface area contributed by atoms with E-state index in [0.717, 1.165) is 5.56 Å². The lowest BCUT2D eigenvalue weighted by atomic mass is 10.2. The van der Waals surface area contributed by atoms with Gasteiger partial charge in [-0.3, -0.25) is 10.1 Å². The molecule has 5 nitrogen and oxygen atoms in total. The first-order valence-electron chi connectivity index (χ1n) is 6.95. The van der Waals surface area contributed by atoms with Crippen LogP contribution >= 0.6 is 23.2 Å². The molecule has 0 bridgehead atoms. The topological polar surface area (TPSA) is 68.0 Å². The fourth-order valence-corrected chi connectivity index (χ4v) is 2.42. The van der Waals surface area contributed by atoms with Gasteiger partial charge in [0.1, 0.15) is 0 Å². The van der Waals surface area contributed by atoms with Crippen molar-refractivity contribution in [2.45, 2.75) is 0 Å². The van der Waals surface area contributed by atoms with Crippen LogP contribution in [0.15, 0.2) is 59.0 Å². The van der Waals surface area contributed by atoms with Gasteiger partial charge in [0.25, 0.3) is 11.8 Å². The van der Waals surface area contributed by atoms with Gasteiger partial charge in [-0.15, -0.1) is 5.10 Å². The first-order valence-corrected chi connectivity index (χ1v) is 7.70. The summed E-state index contributed by atoms with van der Waals surface area (Å²) in [5.41, 5.74) is 1.45. The number of aromatic nitrogens is 2. The van der Waals surface area contributed by atoms with Gasteiger partial charge in [0.15, 0.2) is 0 Å². The van der Waals surface area contributed by atoms with Gasteiger partial charge >= 0.3 is 6.01 Å². The normalized spacial score (nSPS) is 10.9. The van der Waals surface area contributed by atoms with Crippen LogP contribution in [0.25, 0.3) is 17.5 Å². The van der Waals surface area contributed by atoms with E-state index in [0.29, 0.717) is 15.6 Å². The minimum absolute atomic E-state index is 0.0151. The standard InChI is InChI=1S/C17H11Cl2N3O2/c18-12-7-8-13(14(19)10-12)16-21-22-17(24-16)20-15(23)9-6-11-4-2-1-3-5-11/h1-10H,(H,20,22,23). The molecule has 0 unspecified atom stereocenters. The van der Waals surface area contributed by atoms with Gasteiger partial charge < -0.3 is 4.42 Å². The third-order valence-corrected chi connectivity index (χ3v) is 3.59. The summed E-state index contributed by atoms with van der Waals surface area (Å²) in [6.07, 6.45) is 3.07. The molecule has 0 radical (unpaired) electrons. The number of carbonyl (C=O) groups is 1. The maximum absolute atomic E-state index is 11.9. The van der Waals surface area contributed by atoms with Crippen molar-refractivity contribution in [3.8, 4) is 11.5 Å². The highest BCUT2D eigenvalue weighted by atomic mass is 35.5. The minimum atomic E-state index is -0.378. The molecule has 7 heteroatoms. The highest BCUT2D eigenvalue weighted by Crippen LogP contribution is 2.30. The van der Waals surface area contributed by atoms with E-state index in [4.69, 9.17) is 27.6 Å². The Hall–Kier alpha value is -2.63. The summed E-state index contributed by atoms with van der Waals surface area (Å²) in [5.74, 6) is -0.185. The molecule has 0 spiro atoms. The fourth-order valence-electron chi connectivity index (χ4n) is 1.93. The molecule has 0 aliphatic heterocycles. The van der Waals surface area contributed by atoms with Crippen LogP contribution in [0.5, 0.6) is 0 Å². The van der Waals surface area contributed by atoms with E-state index < -0.39 is 0 Å².